The van der Waals surface area contributed by atoms with Gasteiger partial charge in [0, 0.05) is 39.3 Å². The van der Waals surface area contributed by atoms with E-state index in [1.807, 2.05) is 96.0 Å². The molecular formula is C32H32N4O4. The molecule has 40 heavy (non-hydrogen) atoms. The molecule has 204 valence electrons. The minimum Gasteiger partial charge on any atom is -0.482 e. The molecule has 3 aromatic carbocycles. The van der Waals surface area contributed by atoms with Crippen molar-refractivity contribution in [1.29, 1.82) is 0 Å². The molecule has 0 aliphatic carbocycles. The molecule has 0 N–H and O–H groups in total. The second-order valence-corrected chi connectivity index (χ2v) is 9.89. The zero-order valence-electron chi connectivity index (χ0n) is 22.6. The summed E-state index contributed by atoms with van der Waals surface area (Å²) in [6.07, 6.45) is 1.79. The Morgan fingerprint density at radius 2 is 1.43 bits per heavy atom. The van der Waals surface area contributed by atoms with Crippen molar-refractivity contribution in [1.82, 2.24) is 14.5 Å². The highest BCUT2D eigenvalue weighted by molar-refractivity contribution is 5.96. The van der Waals surface area contributed by atoms with Crippen molar-refractivity contribution in [3.05, 3.63) is 136 Å². The lowest BCUT2D eigenvalue weighted by molar-refractivity contribution is -0.128. The van der Waals surface area contributed by atoms with Crippen molar-refractivity contribution >= 4 is 11.8 Å². The maximum absolute atomic E-state index is 14.0. The van der Waals surface area contributed by atoms with Gasteiger partial charge in [-0.15, -0.1) is 0 Å². The van der Waals surface area contributed by atoms with Gasteiger partial charge in [0.15, 0.2) is 11.4 Å². The highest BCUT2D eigenvalue weighted by Crippen LogP contribution is 2.32. The van der Waals surface area contributed by atoms with Crippen LogP contribution in [0.1, 0.15) is 39.6 Å². The maximum Gasteiger partial charge on any atom is 0.277 e. The molecule has 5 rings (SSSR count). The van der Waals surface area contributed by atoms with Crippen molar-refractivity contribution in [2.24, 2.45) is 0 Å². The van der Waals surface area contributed by atoms with Gasteiger partial charge >= 0.3 is 0 Å². The van der Waals surface area contributed by atoms with E-state index in [4.69, 9.17) is 4.74 Å². The summed E-state index contributed by atoms with van der Waals surface area (Å²) in [6.45, 7) is 0.548. The van der Waals surface area contributed by atoms with Crippen molar-refractivity contribution in [2.45, 2.75) is 19.1 Å². The van der Waals surface area contributed by atoms with E-state index in [-0.39, 0.29) is 61.0 Å². The SMILES string of the molecule is CN(C)C(=O)CCN1CN(C(c2ccccc2)c2ccccc2)n2ccc(=O)c(OCc3ccccc3)c2C1=O. The minimum absolute atomic E-state index is 0.00939. The van der Waals surface area contributed by atoms with Crippen LogP contribution in [-0.2, 0) is 11.4 Å². The number of pyridine rings is 1. The highest BCUT2D eigenvalue weighted by atomic mass is 16.5. The lowest BCUT2D eigenvalue weighted by Gasteiger charge is -2.44. The molecule has 4 aromatic rings. The summed E-state index contributed by atoms with van der Waals surface area (Å²) in [4.78, 5) is 42.7. The van der Waals surface area contributed by atoms with E-state index >= 15 is 0 Å². The molecule has 0 spiro atoms. The van der Waals surface area contributed by atoms with E-state index in [2.05, 4.69) is 0 Å². The molecule has 2 amide bonds. The number of benzene rings is 3. The fourth-order valence-corrected chi connectivity index (χ4v) is 4.88. The minimum atomic E-state index is -0.377. The van der Waals surface area contributed by atoms with Crippen LogP contribution < -0.4 is 15.2 Å². The molecule has 0 saturated heterocycles. The number of ether oxygens (including phenoxy) is 1. The Kier molecular flexibility index (Phi) is 7.96. The third-order valence-electron chi connectivity index (χ3n) is 6.97. The van der Waals surface area contributed by atoms with Crippen LogP contribution in [0.3, 0.4) is 0 Å². The van der Waals surface area contributed by atoms with Crippen LogP contribution in [0.5, 0.6) is 5.75 Å². The van der Waals surface area contributed by atoms with Gasteiger partial charge in [0.2, 0.25) is 11.3 Å². The summed E-state index contributed by atoms with van der Waals surface area (Å²) < 4.78 is 7.80. The third kappa shape index (κ3) is 5.61. The van der Waals surface area contributed by atoms with E-state index in [1.54, 1.807) is 29.9 Å². The van der Waals surface area contributed by atoms with Gasteiger partial charge in [-0.05, 0) is 16.7 Å². The van der Waals surface area contributed by atoms with Crippen LogP contribution in [0.4, 0.5) is 0 Å². The van der Waals surface area contributed by atoms with Crippen LogP contribution in [0, 0.1) is 0 Å². The van der Waals surface area contributed by atoms with Gasteiger partial charge in [0.05, 0.1) is 6.04 Å². The summed E-state index contributed by atoms with van der Waals surface area (Å²) in [7, 11) is 3.38. The third-order valence-corrected chi connectivity index (χ3v) is 6.97. The summed E-state index contributed by atoms with van der Waals surface area (Å²) in [5.41, 5.74) is 2.68. The summed E-state index contributed by atoms with van der Waals surface area (Å²) in [5, 5.41) is 2.04. The number of aromatic nitrogens is 1. The average Bonchev–Trinajstić information content (AvgIpc) is 2.98. The van der Waals surface area contributed by atoms with Crippen molar-refractivity contribution < 1.29 is 14.3 Å². The Morgan fingerprint density at radius 1 is 0.850 bits per heavy atom. The normalized spacial score (nSPS) is 12.8. The predicted octanol–water partition coefficient (Wildman–Crippen LogP) is 4.05. The molecule has 0 atom stereocenters. The smallest absolute Gasteiger partial charge is 0.277 e. The number of carbonyl (C=O) groups excluding carboxylic acids is 2. The lowest BCUT2D eigenvalue weighted by atomic mass is 9.98. The zero-order chi connectivity index (χ0) is 28.1. The number of nitrogens with zero attached hydrogens (tertiary/aromatic N) is 4. The number of carbonyl (C=O) groups is 2. The van der Waals surface area contributed by atoms with E-state index in [0.29, 0.717) is 0 Å². The number of amides is 2. The molecular weight excluding hydrogens is 504 g/mol. The van der Waals surface area contributed by atoms with Crippen LogP contribution in [-0.4, -0.2) is 53.6 Å². The lowest BCUT2D eigenvalue weighted by Crippen LogP contribution is -2.56. The fraction of sp³-hybridized carbons (Fsp3) is 0.219. The van der Waals surface area contributed by atoms with Gasteiger partial charge in [0.1, 0.15) is 13.3 Å². The van der Waals surface area contributed by atoms with Gasteiger partial charge in [-0.2, -0.15) is 0 Å². The zero-order valence-corrected chi connectivity index (χ0v) is 22.6. The van der Waals surface area contributed by atoms with E-state index in [1.165, 1.54) is 11.0 Å². The van der Waals surface area contributed by atoms with Gasteiger partial charge < -0.3 is 14.5 Å². The molecule has 0 fully saturated rings. The van der Waals surface area contributed by atoms with Crippen molar-refractivity contribution in [3.8, 4) is 5.75 Å². The fourth-order valence-electron chi connectivity index (χ4n) is 4.88. The first kappa shape index (κ1) is 26.7. The molecule has 1 aromatic heterocycles. The van der Waals surface area contributed by atoms with Gasteiger partial charge in [-0.3, -0.25) is 24.1 Å². The second kappa shape index (κ2) is 11.9. The Labute approximate surface area is 233 Å². The standard InChI is InChI=1S/C32H32N4O4/c1-33(2)28(38)19-20-34-23-36(29(25-14-8-4-9-15-25)26-16-10-5-11-17-26)35-21-18-27(37)31(30(35)32(34)39)40-22-24-12-6-3-7-13-24/h3-18,21,29H,19-20,22-23H2,1-2H3. The molecule has 0 saturated carbocycles. The highest BCUT2D eigenvalue weighted by Gasteiger charge is 2.37. The maximum atomic E-state index is 14.0. The molecule has 8 heteroatoms. The number of fused-ring (bicyclic) bond motifs is 1. The van der Waals surface area contributed by atoms with Crippen LogP contribution in [0.15, 0.2) is 108 Å². The summed E-state index contributed by atoms with van der Waals surface area (Å²) in [6, 6.07) is 30.7. The Balaban J connectivity index is 1.62. The molecule has 0 bridgehead atoms. The van der Waals surface area contributed by atoms with Crippen molar-refractivity contribution in [3.63, 3.8) is 0 Å². The Morgan fingerprint density at radius 3 is 2.00 bits per heavy atom. The largest absolute Gasteiger partial charge is 0.482 e. The van der Waals surface area contributed by atoms with Crippen LogP contribution >= 0.6 is 0 Å². The second-order valence-electron chi connectivity index (χ2n) is 9.89. The van der Waals surface area contributed by atoms with Gasteiger partial charge in [0.25, 0.3) is 5.91 Å². The Hall–Kier alpha value is -4.85. The molecule has 0 unspecified atom stereocenters. The van der Waals surface area contributed by atoms with Crippen LogP contribution in [0.2, 0.25) is 0 Å². The number of hydrogen-bond donors (Lipinski definition) is 0. The van der Waals surface area contributed by atoms with E-state index < -0.39 is 0 Å². The number of hydrogen-bond acceptors (Lipinski definition) is 5. The average molecular weight is 537 g/mol. The quantitative estimate of drug-likeness (QED) is 0.323. The topological polar surface area (TPSA) is 75.1 Å². The molecule has 0 radical (unpaired) electrons. The van der Waals surface area contributed by atoms with E-state index in [9.17, 15) is 14.4 Å². The van der Waals surface area contributed by atoms with Crippen LogP contribution in [0.25, 0.3) is 0 Å². The molecule has 1 aliphatic rings. The van der Waals surface area contributed by atoms with Gasteiger partial charge in [-0.25, -0.2) is 0 Å². The molecule has 8 nitrogen and oxygen atoms in total. The monoisotopic (exact) mass is 536 g/mol. The van der Waals surface area contributed by atoms with E-state index in [0.717, 1.165) is 16.7 Å². The van der Waals surface area contributed by atoms with Crippen molar-refractivity contribution in [2.75, 3.05) is 32.3 Å². The molecule has 2 heterocycles. The summed E-state index contributed by atoms with van der Waals surface area (Å²) in [5.74, 6) is -0.452. The summed E-state index contributed by atoms with van der Waals surface area (Å²) >= 11 is 0. The first-order chi connectivity index (χ1) is 19.4. The Bertz CT molecular complexity index is 1480. The molecule has 1 aliphatic heterocycles. The first-order valence-electron chi connectivity index (χ1n) is 13.2. The van der Waals surface area contributed by atoms with Gasteiger partial charge in [-0.1, -0.05) is 91.0 Å². The number of rotatable bonds is 9. The first-order valence-corrected chi connectivity index (χ1v) is 13.2. The predicted molar refractivity (Wildman–Crippen MR) is 154 cm³/mol.